The molecule has 1 aromatic heterocycles. The molecule has 0 radical (unpaired) electrons. The smallest absolute Gasteiger partial charge is 0.266 e. The van der Waals surface area contributed by atoms with Crippen LogP contribution in [0.15, 0.2) is 118 Å². The lowest BCUT2D eigenvalue weighted by molar-refractivity contribution is -0.118. The standard InChI is InChI=1S/C31H26N4O4S/c1-38-27-17-16-23(18-28(27)39-20-22-10-4-2-5-11-22)19-32-34-29(36)21-40-31-33-26-15-9-8-14-25(26)30(37)35(31)24-12-6-3-7-13-24/h2-19H,20-21H2,1H3,(H,34,36). The fourth-order valence-corrected chi connectivity index (χ4v) is 4.78. The number of hydrogen-bond acceptors (Lipinski definition) is 7. The van der Waals surface area contributed by atoms with Crippen LogP contribution >= 0.6 is 11.8 Å². The van der Waals surface area contributed by atoms with Crippen LogP contribution in [0.2, 0.25) is 0 Å². The number of hydrazone groups is 1. The Kier molecular flexibility index (Phi) is 8.53. The molecule has 0 fully saturated rings. The average molecular weight is 551 g/mol. The number of aromatic nitrogens is 2. The van der Waals surface area contributed by atoms with Gasteiger partial charge in [-0.25, -0.2) is 10.4 Å². The number of hydrogen-bond donors (Lipinski definition) is 1. The number of amides is 1. The molecule has 0 aliphatic rings. The van der Waals surface area contributed by atoms with Crippen molar-refractivity contribution in [1.82, 2.24) is 15.0 Å². The summed E-state index contributed by atoms with van der Waals surface area (Å²) in [7, 11) is 1.58. The molecule has 0 saturated heterocycles. The Morgan fingerprint density at radius 1 is 0.950 bits per heavy atom. The van der Waals surface area contributed by atoms with Crippen LogP contribution in [0.4, 0.5) is 0 Å². The summed E-state index contributed by atoms with van der Waals surface area (Å²) in [5.41, 5.74) is 5.36. The highest BCUT2D eigenvalue weighted by Crippen LogP contribution is 2.28. The molecule has 200 valence electrons. The van der Waals surface area contributed by atoms with Gasteiger partial charge in [0.2, 0.25) is 0 Å². The first kappa shape index (κ1) is 26.7. The second-order valence-corrected chi connectivity index (χ2v) is 9.60. The number of nitrogens with zero attached hydrogens (tertiary/aromatic N) is 3. The van der Waals surface area contributed by atoms with E-state index in [1.165, 1.54) is 22.5 Å². The Balaban J connectivity index is 1.26. The monoisotopic (exact) mass is 550 g/mol. The Bertz CT molecular complexity index is 1710. The quantitative estimate of drug-likeness (QED) is 0.111. The largest absolute Gasteiger partial charge is 0.493 e. The Morgan fingerprint density at radius 3 is 2.45 bits per heavy atom. The van der Waals surface area contributed by atoms with Gasteiger partial charge in [-0.15, -0.1) is 0 Å². The number of carbonyl (C=O) groups excluding carboxylic acids is 1. The lowest BCUT2D eigenvalue weighted by Crippen LogP contribution is -2.24. The number of carbonyl (C=O) groups is 1. The summed E-state index contributed by atoms with van der Waals surface area (Å²) in [6, 6.07) is 31.6. The fraction of sp³-hybridized carbons (Fsp3) is 0.0968. The van der Waals surface area contributed by atoms with Crippen molar-refractivity contribution >= 4 is 34.8 Å². The Labute approximate surface area is 235 Å². The molecule has 4 aromatic carbocycles. The summed E-state index contributed by atoms with van der Waals surface area (Å²) in [6.45, 7) is 0.391. The average Bonchev–Trinajstić information content (AvgIpc) is 3.00. The molecule has 9 heteroatoms. The molecule has 0 bridgehead atoms. The summed E-state index contributed by atoms with van der Waals surface area (Å²) in [6.07, 6.45) is 1.53. The normalized spacial score (nSPS) is 11.0. The first-order valence-corrected chi connectivity index (χ1v) is 13.5. The molecule has 0 aliphatic carbocycles. The van der Waals surface area contributed by atoms with Gasteiger partial charge >= 0.3 is 0 Å². The maximum Gasteiger partial charge on any atom is 0.266 e. The van der Waals surface area contributed by atoms with Gasteiger partial charge in [0.15, 0.2) is 16.7 Å². The molecule has 1 heterocycles. The molecule has 0 unspecified atom stereocenters. The number of benzene rings is 4. The van der Waals surface area contributed by atoms with Crippen LogP contribution in [0.5, 0.6) is 11.5 Å². The number of fused-ring (bicyclic) bond motifs is 1. The molecule has 40 heavy (non-hydrogen) atoms. The highest BCUT2D eigenvalue weighted by molar-refractivity contribution is 7.99. The van der Waals surface area contributed by atoms with Crippen LogP contribution in [0.1, 0.15) is 11.1 Å². The van der Waals surface area contributed by atoms with Crippen molar-refractivity contribution in [1.29, 1.82) is 0 Å². The van der Waals surface area contributed by atoms with E-state index in [2.05, 4.69) is 15.5 Å². The van der Waals surface area contributed by atoms with Gasteiger partial charge in [-0.3, -0.25) is 14.2 Å². The number of para-hydroxylation sites is 2. The van der Waals surface area contributed by atoms with Crippen molar-refractivity contribution in [2.45, 2.75) is 11.8 Å². The van der Waals surface area contributed by atoms with Crippen molar-refractivity contribution in [2.75, 3.05) is 12.9 Å². The zero-order valence-corrected chi connectivity index (χ0v) is 22.5. The third kappa shape index (κ3) is 6.39. The van der Waals surface area contributed by atoms with E-state index >= 15 is 0 Å². The molecule has 0 saturated carbocycles. The van der Waals surface area contributed by atoms with Gasteiger partial charge in [0, 0.05) is 0 Å². The van der Waals surface area contributed by atoms with Crippen LogP contribution in [-0.2, 0) is 11.4 Å². The van der Waals surface area contributed by atoms with Crippen molar-refractivity contribution in [3.05, 3.63) is 125 Å². The lowest BCUT2D eigenvalue weighted by atomic mass is 10.2. The minimum atomic E-state index is -0.336. The van der Waals surface area contributed by atoms with Crippen LogP contribution in [-0.4, -0.2) is 34.5 Å². The van der Waals surface area contributed by atoms with Gasteiger partial charge in [-0.1, -0.05) is 72.4 Å². The zero-order chi connectivity index (χ0) is 27.7. The maximum atomic E-state index is 13.3. The van der Waals surface area contributed by atoms with Gasteiger partial charge < -0.3 is 9.47 Å². The van der Waals surface area contributed by atoms with Gasteiger partial charge in [0.1, 0.15) is 6.61 Å². The predicted octanol–water partition coefficient (Wildman–Crippen LogP) is 5.22. The minimum Gasteiger partial charge on any atom is -0.493 e. The second-order valence-electron chi connectivity index (χ2n) is 8.65. The topological polar surface area (TPSA) is 94.8 Å². The highest BCUT2D eigenvalue weighted by Gasteiger charge is 2.14. The fourth-order valence-electron chi connectivity index (χ4n) is 3.98. The third-order valence-corrected chi connectivity index (χ3v) is 6.86. The van der Waals surface area contributed by atoms with Crippen molar-refractivity contribution in [3.8, 4) is 17.2 Å². The molecule has 1 amide bonds. The molecule has 5 aromatic rings. The molecular weight excluding hydrogens is 524 g/mol. The van der Waals surface area contributed by atoms with Crippen LogP contribution in [0.3, 0.4) is 0 Å². The van der Waals surface area contributed by atoms with E-state index in [9.17, 15) is 9.59 Å². The number of nitrogens with one attached hydrogen (secondary N) is 1. The SMILES string of the molecule is COc1ccc(C=NNC(=O)CSc2nc3ccccc3c(=O)n2-c2ccccc2)cc1OCc1ccccc1. The van der Waals surface area contributed by atoms with Crippen LogP contribution in [0, 0.1) is 0 Å². The lowest BCUT2D eigenvalue weighted by Gasteiger charge is -2.13. The van der Waals surface area contributed by atoms with E-state index in [-0.39, 0.29) is 17.2 Å². The van der Waals surface area contributed by atoms with Gasteiger partial charge in [0.05, 0.1) is 35.7 Å². The summed E-state index contributed by atoms with van der Waals surface area (Å²) < 4.78 is 12.9. The minimum absolute atomic E-state index is 0.0169. The van der Waals surface area contributed by atoms with Gasteiger partial charge in [-0.2, -0.15) is 5.10 Å². The van der Waals surface area contributed by atoms with E-state index in [4.69, 9.17) is 9.47 Å². The van der Waals surface area contributed by atoms with Crippen LogP contribution in [0.25, 0.3) is 16.6 Å². The number of thioether (sulfide) groups is 1. The molecule has 5 rings (SSSR count). The summed E-state index contributed by atoms with van der Waals surface area (Å²) >= 11 is 1.17. The number of methoxy groups -OCH3 is 1. The Hall–Kier alpha value is -4.89. The van der Waals surface area contributed by atoms with E-state index in [0.29, 0.717) is 39.9 Å². The van der Waals surface area contributed by atoms with E-state index in [1.807, 2.05) is 72.8 Å². The van der Waals surface area contributed by atoms with E-state index < -0.39 is 0 Å². The Morgan fingerprint density at radius 2 is 1.68 bits per heavy atom. The predicted molar refractivity (Wildman–Crippen MR) is 158 cm³/mol. The molecule has 1 N–H and O–H groups in total. The van der Waals surface area contributed by atoms with Gasteiger partial charge in [-0.05, 0) is 53.6 Å². The second kappa shape index (κ2) is 12.8. The molecule has 0 aliphatic heterocycles. The molecule has 8 nitrogen and oxygen atoms in total. The molecule has 0 atom stereocenters. The van der Waals surface area contributed by atoms with E-state index in [0.717, 1.165) is 11.1 Å². The van der Waals surface area contributed by atoms with Gasteiger partial charge in [0.25, 0.3) is 11.5 Å². The van der Waals surface area contributed by atoms with E-state index in [1.54, 1.807) is 37.4 Å². The highest BCUT2D eigenvalue weighted by atomic mass is 32.2. The van der Waals surface area contributed by atoms with Crippen molar-refractivity contribution in [2.24, 2.45) is 5.10 Å². The summed E-state index contributed by atoms with van der Waals surface area (Å²) in [5, 5.41) is 5.02. The maximum absolute atomic E-state index is 13.3. The van der Waals surface area contributed by atoms with Crippen LogP contribution < -0.4 is 20.5 Å². The number of rotatable bonds is 10. The number of ether oxygens (including phenoxy) is 2. The third-order valence-electron chi connectivity index (χ3n) is 5.92. The summed E-state index contributed by atoms with van der Waals surface area (Å²) in [5.74, 6) is 0.847. The first-order chi connectivity index (χ1) is 19.6. The van der Waals surface area contributed by atoms with Crippen molar-refractivity contribution < 1.29 is 14.3 Å². The molecular formula is C31H26N4O4S. The van der Waals surface area contributed by atoms with Crippen molar-refractivity contribution in [3.63, 3.8) is 0 Å². The zero-order valence-electron chi connectivity index (χ0n) is 21.7. The first-order valence-electron chi connectivity index (χ1n) is 12.5. The molecule has 0 spiro atoms. The summed E-state index contributed by atoms with van der Waals surface area (Å²) in [4.78, 5) is 30.6.